The molecule has 21 heavy (non-hydrogen) atoms. The van der Waals surface area contributed by atoms with E-state index in [0.29, 0.717) is 24.2 Å². The number of carbonyl (C=O) groups excluding carboxylic acids is 1. The van der Waals surface area contributed by atoms with Crippen LogP contribution >= 0.6 is 11.8 Å². The minimum atomic E-state index is -0.298. The van der Waals surface area contributed by atoms with Crippen LogP contribution < -0.4 is 10.1 Å². The third kappa shape index (κ3) is 3.68. The fourth-order valence-electron chi connectivity index (χ4n) is 2.20. The van der Waals surface area contributed by atoms with E-state index < -0.39 is 0 Å². The molecular weight excluding hydrogens is 293 g/mol. The van der Waals surface area contributed by atoms with Gasteiger partial charge in [-0.1, -0.05) is 0 Å². The third-order valence-electron chi connectivity index (χ3n) is 3.53. The van der Waals surface area contributed by atoms with Gasteiger partial charge in [0.15, 0.2) is 6.79 Å². The predicted octanol–water partition coefficient (Wildman–Crippen LogP) is 2.59. The maximum atomic E-state index is 13.6. The van der Waals surface area contributed by atoms with Crippen molar-refractivity contribution in [1.29, 1.82) is 0 Å². The summed E-state index contributed by atoms with van der Waals surface area (Å²) in [7, 11) is 0. The number of carbonyl (C=O) groups is 1. The van der Waals surface area contributed by atoms with Crippen molar-refractivity contribution in [2.45, 2.75) is 43.4 Å². The van der Waals surface area contributed by atoms with Gasteiger partial charge in [0, 0.05) is 22.9 Å². The van der Waals surface area contributed by atoms with Gasteiger partial charge in [-0.3, -0.25) is 4.79 Å². The molecule has 1 amide bonds. The smallest absolute Gasteiger partial charge is 0.233 e. The van der Waals surface area contributed by atoms with E-state index in [4.69, 9.17) is 9.47 Å². The van der Waals surface area contributed by atoms with Gasteiger partial charge < -0.3 is 14.8 Å². The van der Waals surface area contributed by atoms with E-state index in [1.54, 1.807) is 0 Å². The highest BCUT2D eigenvalue weighted by molar-refractivity contribution is 7.99. The largest absolute Gasteiger partial charge is 0.467 e. The summed E-state index contributed by atoms with van der Waals surface area (Å²) in [4.78, 5) is 11.9. The van der Waals surface area contributed by atoms with Gasteiger partial charge in [0.25, 0.3) is 0 Å². The standard InChI is InChI=1S/C15H18FNO3S/c1-9(15(18)17-13-2-3-13)21-7-11-5-12(16)4-10-6-19-8-20-14(10)11/h4-5,9,13H,2-3,6-8H2,1H3,(H,17,18)/t9-/m0/s1. The SMILES string of the molecule is C[C@H](SCc1cc(F)cc2c1OCOC2)C(=O)NC1CC1. The lowest BCUT2D eigenvalue weighted by Gasteiger charge is -2.21. The topological polar surface area (TPSA) is 47.6 Å². The highest BCUT2D eigenvalue weighted by Gasteiger charge is 2.26. The lowest BCUT2D eigenvalue weighted by molar-refractivity contribution is -0.120. The lowest BCUT2D eigenvalue weighted by Crippen LogP contribution is -2.32. The molecule has 1 aromatic carbocycles. The Balaban J connectivity index is 1.64. The second-order valence-electron chi connectivity index (χ2n) is 5.40. The molecule has 1 atom stereocenters. The summed E-state index contributed by atoms with van der Waals surface area (Å²) in [6.07, 6.45) is 2.16. The average Bonchev–Trinajstić information content (AvgIpc) is 3.28. The van der Waals surface area contributed by atoms with Crippen LogP contribution in [-0.2, 0) is 21.9 Å². The number of amides is 1. The van der Waals surface area contributed by atoms with Gasteiger partial charge in [-0.25, -0.2) is 4.39 Å². The van der Waals surface area contributed by atoms with Crippen molar-refractivity contribution < 1.29 is 18.7 Å². The number of nitrogens with one attached hydrogen (secondary N) is 1. The van der Waals surface area contributed by atoms with Crippen molar-refractivity contribution in [1.82, 2.24) is 5.32 Å². The van der Waals surface area contributed by atoms with Crippen LogP contribution in [0.5, 0.6) is 5.75 Å². The summed E-state index contributed by atoms with van der Waals surface area (Å²) in [5.74, 6) is 0.995. The minimum absolute atomic E-state index is 0.0528. The van der Waals surface area contributed by atoms with Crippen molar-refractivity contribution in [3.8, 4) is 5.75 Å². The van der Waals surface area contributed by atoms with Crippen molar-refractivity contribution >= 4 is 17.7 Å². The molecule has 1 heterocycles. The summed E-state index contributed by atoms with van der Waals surface area (Å²) in [5.41, 5.74) is 1.51. The average molecular weight is 311 g/mol. The molecule has 1 fully saturated rings. The number of halogens is 1. The molecule has 4 nitrogen and oxygen atoms in total. The molecular formula is C15H18FNO3S. The number of hydrogen-bond acceptors (Lipinski definition) is 4. The highest BCUT2D eigenvalue weighted by atomic mass is 32.2. The van der Waals surface area contributed by atoms with Gasteiger partial charge in [0.2, 0.25) is 5.91 Å². The Hall–Kier alpha value is -1.27. The van der Waals surface area contributed by atoms with Crippen LogP contribution in [0, 0.1) is 5.82 Å². The molecule has 3 rings (SSSR count). The zero-order chi connectivity index (χ0) is 14.8. The van der Waals surface area contributed by atoms with E-state index in [1.807, 2.05) is 6.92 Å². The fourth-order valence-corrected chi connectivity index (χ4v) is 3.06. The van der Waals surface area contributed by atoms with E-state index in [0.717, 1.165) is 24.0 Å². The van der Waals surface area contributed by atoms with Gasteiger partial charge in [-0.2, -0.15) is 0 Å². The minimum Gasteiger partial charge on any atom is -0.467 e. The molecule has 6 heteroatoms. The molecule has 1 aromatic rings. The van der Waals surface area contributed by atoms with E-state index in [-0.39, 0.29) is 23.8 Å². The summed E-state index contributed by atoms with van der Waals surface area (Å²) in [6.45, 7) is 2.43. The van der Waals surface area contributed by atoms with Crippen LogP contribution in [0.3, 0.4) is 0 Å². The first-order chi connectivity index (χ1) is 10.1. The van der Waals surface area contributed by atoms with Crippen LogP contribution in [0.25, 0.3) is 0 Å². The molecule has 1 aliphatic heterocycles. The van der Waals surface area contributed by atoms with Gasteiger partial charge >= 0.3 is 0 Å². The first-order valence-electron chi connectivity index (χ1n) is 7.07. The van der Waals surface area contributed by atoms with Crippen LogP contribution in [-0.4, -0.2) is 24.0 Å². The van der Waals surface area contributed by atoms with Crippen molar-refractivity contribution in [2.24, 2.45) is 0 Å². The maximum absolute atomic E-state index is 13.6. The highest BCUT2D eigenvalue weighted by Crippen LogP contribution is 2.33. The van der Waals surface area contributed by atoms with Crippen molar-refractivity contribution in [3.05, 3.63) is 29.1 Å². The van der Waals surface area contributed by atoms with Crippen LogP contribution in [0.1, 0.15) is 30.9 Å². The van der Waals surface area contributed by atoms with Gasteiger partial charge in [-0.05, 0) is 31.9 Å². The van der Waals surface area contributed by atoms with E-state index in [9.17, 15) is 9.18 Å². The van der Waals surface area contributed by atoms with Crippen LogP contribution in [0.2, 0.25) is 0 Å². The quantitative estimate of drug-likeness (QED) is 0.908. The normalized spacial score (nSPS) is 18.6. The molecule has 1 N–H and O–H groups in total. The summed E-state index contributed by atoms with van der Waals surface area (Å²) >= 11 is 1.49. The Morgan fingerprint density at radius 2 is 2.33 bits per heavy atom. The molecule has 0 spiro atoms. The molecule has 1 saturated carbocycles. The van der Waals surface area contributed by atoms with Gasteiger partial charge in [0.05, 0.1) is 11.9 Å². The maximum Gasteiger partial charge on any atom is 0.233 e. The molecule has 0 saturated heterocycles. The number of rotatable bonds is 5. The van der Waals surface area contributed by atoms with Crippen LogP contribution in [0.4, 0.5) is 4.39 Å². The zero-order valence-corrected chi connectivity index (χ0v) is 12.7. The van der Waals surface area contributed by atoms with Gasteiger partial charge in [-0.15, -0.1) is 11.8 Å². The first-order valence-corrected chi connectivity index (χ1v) is 8.12. The summed E-state index contributed by atoms with van der Waals surface area (Å²) in [5, 5.41) is 2.82. The lowest BCUT2D eigenvalue weighted by atomic mass is 10.1. The molecule has 1 aliphatic carbocycles. The van der Waals surface area contributed by atoms with Crippen LogP contribution in [0.15, 0.2) is 12.1 Å². The Bertz CT molecular complexity index is 548. The van der Waals surface area contributed by atoms with E-state index >= 15 is 0 Å². The van der Waals surface area contributed by atoms with E-state index in [1.165, 1.54) is 23.9 Å². The summed E-state index contributed by atoms with van der Waals surface area (Å²) < 4.78 is 24.3. The number of thioether (sulfide) groups is 1. The fraction of sp³-hybridized carbons (Fsp3) is 0.533. The number of hydrogen-bond donors (Lipinski definition) is 1. The molecule has 114 valence electrons. The van der Waals surface area contributed by atoms with E-state index in [2.05, 4.69) is 5.32 Å². The van der Waals surface area contributed by atoms with Crippen molar-refractivity contribution in [2.75, 3.05) is 6.79 Å². The Morgan fingerprint density at radius 3 is 3.10 bits per heavy atom. The van der Waals surface area contributed by atoms with Gasteiger partial charge in [0.1, 0.15) is 11.6 Å². The number of fused-ring (bicyclic) bond motifs is 1. The molecule has 0 aromatic heterocycles. The molecule has 0 unspecified atom stereocenters. The third-order valence-corrected chi connectivity index (χ3v) is 4.73. The Morgan fingerprint density at radius 1 is 1.52 bits per heavy atom. The number of ether oxygens (including phenoxy) is 2. The molecule has 0 bridgehead atoms. The second-order valence-corrected chi connectivity index (χ2v) is 6.73. The number of benzene rings is 1. The van der Waals surface area contributed by atoms with Crippen molar-refractivity contribution in [3.63, 3.8) is 0 Å². The summed E-state index contributed by atoms with van der Waals surface area (Å²) in [6, 6.07) is 3.28. The Labute approximate surface area is 127 Å². The molecule has 0 radical (unpaired) electrons. The first kappa shape index (κ1) is 14.7. The predicted molar refractivity (Wildman–Crippen MR) is 78.6 cm³/mol. The molecule has 2 aliphatic rings. The second kappa shape index (κ2) is 6.23. The Kier molecular flexibility index (Phi) is 4.35. The zero-order valence-electron chi connectivity index (χ0n) is 11.9. The monoisotopic (exact) mass is 311 g/mol.